The molecule has 0 aliphatic carbocycles. The molecule has 2 aromatic carbocycles. The zero-order chi connectivity index (χ0) is 22.7. The number of hydrazine groups is 1. The normalized spacial score (nSPS) is 14.8. The van der Waals surface area contributed by atoms with Crippen LogP contribution in [0.1, 0.15) is 20.7 Å². The zero-order valence-corrected chi connectivity index (χ0v) is 17.6. The van der Waals surface area contributed by atoms with Crippen LogP contribution in [0.3, 0.4) is 0 Å². The van der Waals surface area contributed by atoms with E-state index >= 15 is 0 Å². The summed E-state index contributed by atoms with van der Waals surface area (Å²) in [4.78, 5) is 36.8. The fourth-order valence-electron chi connectivity index (χ4n) is 3.19. The van der Waals surface area contributed by atoms with Crippen LogP contribution in [0.25, 0.3) is 11.0 Å². The Morgan fingerprint density at radius 2 is 1.56 bits per heavy atom. The maximum atomic E-state index is 12.6. The van der Waals surface area contributed by atoms with Gasteiger partial charge in [-0.2, -0.15) is 4.31 Å². The predicted octanol–water partition coefficient (Wildman–Crippen LogP) is 0.889. The van der Waals surface area contributed by atoms with E-state index in [2.05, 4.69) is 10.9 Å². The molecule has 0 spiro atoms. The second-order valence-corrected chi connectivity index (χ2v) is 8.87. The van der Waals surface area contributed by atoms with Crippen LogP contribution in [0.15, 0.2) is 68.7 Å². The Bertz CT molecular complexity index is 1330. The van der Waals surface area contributed by atoms with Crippen molar-refractivity contribution >= 4 is 32.8 Å². The molecule has 1 aliphatic heterocycles. The van der Waals surface area contributed by atoms with Crippen LogP contribution >= 0.6 is 0 Å². The van der Waals surface area contributed by atoms with Gasteiger partial charge < -0.3 is 9.15 Å². The number of ether oxygens (including phenoxy) is 1. The molecular formula is C21H19N3O7S. The molecule has 2 heterocycles. The first-order chi connectivity index (χ1) is 15.4. The number of hydrogen-bond donors (Lipinski definition) is 2. The lowest BCUT2D eigenvalue weighted by Crippen LogP contribution is -2.43. The van der Waals surface area contributed by atoms with E-state index in [0.29, 0.717) is 24.2 Å². The van der Waals surface area contributed by atoms with E-state index in [1.165, 1.54) is 34.6 Å². The molecule has 2 N–H and O–H groups in total. The minimum atomic E-state index is -3.68. The van der Waals surface area contributed by atoms with Gasteiger partial charge in [0.15, 0.2) is 0 Å². The van der Waals surface area contributed by atoms with Crippen molar-refractivity contribution in [3.05, 3.63) is 76.1 Å². The molecule has 4 rings (SSSR count). The van der Waals surface area contributed by atoms with Crippen molar-refractivity contribution in [3.8, 4) is 0 Å². The molecule has 166 valence electrons. The summed E-state index contributed by atoms with van der Waals surface area (Å²) >= 11 is 0. The average Bonchev–Trinajstić information content (AvgIpc) is 2.82. The smallest absolute Gasteiger partial charge is 0.349 e. The first-order valence-electron chi connectivity index (χ1n) is 9.68. The van der Waals surface area contributed by atoms with Gasteiger partial charge in [0.2, 0.25) is 10.0 Å². The van der Waals surface area contributed by atoms with Gasteiger partial charge >= 0.3 is 5.63 Å². The molecule has 3 aromatic rings. The predicted molar refractivity (Wildman–Crippen MR) is 113 cm³/mol. The molecule has 11 heteroatoms. The first-order valence-corrected chi connectivity index (χ1v) is 11.1. The van der Waals surface area contributed by atoms with Crippen LogP contribution in [0.4, 0.5) is 0 Å². The molecule has 0 unspecified atom stereocenters. The molecule has 1 aliphatic rings. The Labute approximate surface area is 182 Å². The number of nitrogens with zero attached hydrogens (tertiary/aromatic N) is 1. The topological polar surface area (TPSA) is 135 Å². The number of rotatable bonds is 4. The van der Waals surface area contributed by atoms with E-state index in [1.807, 2.05) is 0 Å². The Balaban J connectivity index is 1.42. The van der Waals surface area contributed by atoms with Crippen LogP contribution < -0.4 is 16.5 Å². The van der Waals surface area contributed by atoms with Crippen LogP contribution in [0.5, 0.6) is 0 Å². The van der Waals surface area contributed by atoms with E-state index in [0.717, 1.165) is 0 Å². The molecule has 0 saturated carbocycles. The Kier molecular flexibility index (Phi) is 6.04. The highest BCUT2D eigenvalue weighted by Crippen LogP contribution is 2.18. The summed E-state index contributed by atoms with van der Waals surface area (Å²) in [6.07, 6.45) is 0. The van der Waals surface area contributed by atoms with E-state index in [-0.39, 0.29) is 29.1 Å². The van der Waals surface area contributed by atoms with Gasteiger partial charge in [-0.1, -0.05) is 18.2 Å². The number of hydrogen-bond acceptors (Lipinski definition) is 7. The number of nitrogens with one attached hydrogen (secondary N) is 2. The fourth-order valence-corrected chi connectivity index (χ4v) is 4.60. The summed E-state index contributed by atoms with van der Waals surface area (Å²) in [5.41, 5.74) is 3.71. The van der Waals surface area contributed by atoms with Crippen molar-refractivity contribution in [2.45, 2.75) is 4.90 Å². The van der Waals surface area contributed by atoms with E-state index in [9.17, 15) is 22.8 Å². The third kappa shape index (κ3) is 4.40. The Morgan fingerprint density at radius 1 is 0.906 bits per heavy atom. The van der Waals surface area contributed by atoms with Crippen LogP contribution in [0, 0.1) is 0 Å². The maximum absolute atomic E-state index is 12.6. The molecule has 32 heavy (non-hydrogen) atoms. The quantitative estimate of drug-likeness (QED) is 0.439. The Hall–Kier alpha value is -3.54. The molecule has 0 radical (unpaired) electrons. The summed E-state index contributed by atoms with van der Waals surface area (Å²) in [6, 6.07) is 13.4. The van der Waals surface area contributed by atoms with E-state index in [1.54, 1.807) is 24.3 Å². The average molecular weight is 457 g/mol. The van der Waals surface area contributed by atoms with Gasteiger partial charge in [-0.3, -0.25) is 20.4 Å². The van der Waals surface area contributed by atoms with Crippen molar-refractivity contribution < 1.29 is 27.2 Å². The van der Waals surface area contributed by atoms with E-state index < -0.39 is 27.5 Å². The lowest BCUT2D eigenvalue weighted by Gasteiger charge is -2.26. The minimum absolute atomic E-state index is 0.0498. The van der Waals surface area contributed by atoms with Crippen molar-refractivity contribution in [1.29, 1.82) is 0 Å². The summed E-state index contributed by atoms with van der Waals surface area (Å²) in [5.74, 6) is -1.52. The highest BCUT2D eigenvalue weighted by Gasteiger charge is 2.26. The molecular weight excluding hydrogens is 438 g/mol. The van der Waals surface area contributed by atoms with Crippen LogP contribution in [-0.2, 0) is 14.8 Å². The number of amides is 2. The molecule has 1 aromatic heterocycles. The summed E-state index contributed by atoms with van der Waals surface area (Å²) < 4.78 is 36.9. The Morgan fingerprint density at radius 3 is 2.28 bits per heavy atom. The minimum Gasteiger partial charge on any atom is -0.422 e. The largest absolute Gasteiger partial charge is 0.422 e. The summed E-state index contributed by atoms with van der Waals surface area (Å²) in [6.45, 7) is 1.18. The van der Waals surface area contributed by atoms with E-state index in [4.69, 9.17) is 9.15 Å². The van der Waals surface area contributed by atoms with Gasteiger partial charge in [-0.05, 0) is 36.4 Å². The number of carbonyl (C=O) groups excluding carboxylic acids is 2. The van der Waals surface area contributed by atoms with Crippen molar-refractivity contribution in [2.75, 3.05) is 26.3 Å². The molecule has 10 nitrogen and oxygen atoms in total. The van der Waals surface area contributed by atoms with Gasteiger partial charge in [0.1, 0.15) is 11.1 Å². The molecule has 1 saturated heterocycles. The molecule has 0 atom stereocenters. The second-order valence-electron chi connectivity index (χ2n) is 6.93. The summed E-state index contributed by atoms with van der Waals surface area (Å²) in [5, 5.41) is 0.556. The summed E-state index contributed by atoms with van der Waals surface area (Å²) in [7, 11) is -3.68. The van der Waals surface area contributed by atoms with Gasteiger partial charge in [0.25, 0.3) is 11.8 Å². The van der Waals surface area contributed by atoms with Crippen molar-refractivity contribution in [3.63, 3.8) is 0 Å². The standard InChI is InChI=1S/C21H19N3O7S/c25-19(14-5-7-16(8-6-14)32(28,29)24-9-11-30-12-10-24)22-23-20(26)17-13-15-3-1-2-4-18(15)31-21(17)27/h1-8,13H,9-12H2,(H,22,25)(H,23,26). The number of carbonyl (C=O) groups is 2. The van der Waals surface area contributed by atoms with Crippen molar-refractivity contribution in [2.24, 2.45) is 0 Å². The monoisotopic (exact) mass is 457 g/mol. The maximum Gasteiger partial charge on any atom is 0.349 e. The molecule has 2 amide bonds. The van der Waals surface area contributed by atoms with Gasteiger partial charge in [-0.25, -0.2) is 13.2 Å². The van der Waals surface area contributed by atoms with Crippen molar-refractivity contribution in [1.82, 2.24) is 15.2 Å². The number of morpholine rings is 1. The van der Waals surface area contributed by atoms with Crippen LogP contribution in [-0.4, -0.2) is 50.8 Å². The van der Waals surface area contributed by atoms with Crippen LogP contribution in [0.2, 0.25) is 0 Å². The zero-order valence-electron chi connectivity index (χ0n) is 16.7. The highest BCUT2D eigenvalue weighted by atomic mass is 32.2. The highest BCUT2D eigenvalue weighted by molar-refractivity contribution is 7.89. The number of para-hydroxylation sites is 1. The lowest BCUT2D eigenvalue weighted by molar-refractivity contribution is 0.0730. The number of sulfonamides is 1. The second kappa shape index (κ2) is 8.91. The molecule has 1 fully saturated rings. The van der Waals surface area contributed by atoms with Gasteiger partial charge in [0, 0.05) is 24.0 Å². The molecule has 0 bridgehead atoms. The van der Waals surface area contributed by atoms with Gasteiger partial charge in [0.05, 0.1) is 18.1 Å². The number of benzene rings is 2. The van der Waals surface area contributed by atoms with Gasteiger partial charge in [-0.15, -0.1) is 0 Å². The third-order valence-corrected chi connectivity index (χ3v) is 6.81. The number of fused-ring (bicyclic) bond motifs is 1. The SMILES string of the molecule is O=C(NNC(=O)c1cc2ccccc2oc1=O)c1ccc(S(=O)(=O)N2CCOCC2)cc1. The fraction of sp³-hybridized carbons (Fsp3) is 0.190. The first kappa shape index (κ1) is 21.7. The lowest BCUT2D eigenvalue weighted by atomic mass is 10.2. The third-order valence-electron chi connectivity index (χ3n) is 4.90.